The summed E-state index contributed by atoms with van der Waals surface area (Å²) in [5.74, 6) is -0.339. The molecule has 0 aliphatic rings. The number of thiocarbonyl (C=S) groups is 1. The highest BCUT2D eigenvalue weighted by Crippen LogP contribution is 2.19. The average molecular weight is 356 g/mol. The summed E-state index contributed by atoms with van der Waals surface area (Å²) in [4.78, 5) is 11.8. The van der Waals surface area contributed by atoms with Crippen LogP contribution in [0, 0.1) is 13.8 Å². The zero-order valence-electron chi connectivity index (χ0n) is 15.1. The van der Waals surface area contributed by atoms with E-state index in [1.54, 1.807) is 25.1 Å². The van der Waals surface area contributed by atoms with Crippen molar-refractivity contribution in [1.29, 1.82) is 0 Å². The monoisotopic (exact) mass is 356 g/mol. The van der Waals surface area contributed by atoms with Crippen LogP contribution in [0.15, 0.2) is 42.5 Å². The predicted molar refractivity (Wildman–Crippen MR) is 106 cm³/mol. The van der Waals surface area contributed by atoms with Crippen LogP contribution in [0.4, 0.5) is 5.69 Å². The van der Waals surface area contributed by atoms with Crippen molar-refractivity contribution >= 4 is 29.0 Å². The quantitative estimate of drug-likeness (QED) is 0.609. The lowest BCUT2D eigenvalue weighted by Gasteiger charge is -2.20. The van der Waals surface area contributed by atoms with Gasteiger partial charge in [-0.1, -0.05) is 29.8 Å². The highest BCUT2D eigenvalue weighted by atomic mass is 32.1. The summed E-state index contributed by atoms with van der Waals surface area (Å²) < 4.78 is 5.02. The van der Waals surface area contributed by atoms with Crippen LogP contribution >= 0.6 is 12.2 Å². The van der Waals surface area contributed by atoms with Crippen LogP contribution in [0.3, 0.4) is 0 Å². The lowest BCUT2D eigenvalue weighted by atomic mass is 10.0. The Hall–Kier alpha value is -2.40. The first-order chi connectivity index (χ1) is 11.9. The van der Waals surface area contributed by atoms with Crippen molar-refractivity contribution in [2.45, 2.75) is 33.7 Å². The maximum absolute atomic E-state index is 11.8. The molecule has 0 bridgehead atoms. The number of hydrogen-bond donors (Lipinski definition) is 2. The molecule has 0 aliphatic heterocycles. The van der Waals surface area contributed by atoms with Gasteiger partial charge in [-0.3, -0.25) is 0 Å². The van der Waals surface area contributed by atoms with E-state index in [4.69, 9.17) is 17.0 Å². The van der Waals surface area contributed by atoms with Crippen molar-refractivity contribution in [3.8, 4) is 0 Å². The molecule has 4 nitrogen and oxygen atoms in total. The first-order valence-electron chi connectivity index (χ1n) is 8.32. The van der Waals surface area contributed by atoms with Gasteiger partial charge in [0.2, 0.25) is 0 Å². The molecule has 2 aromatic carbocycles. The smallest absolute Gasteiger partial charge is 0.338 e. The van der Waals surface area contributed by atoms with Crippen LogP contribution in [0.5, 0.6) is 0 Å². The maximum Gasteiger partial charge on any atom is 0.338 e. The Balaban J connectivity index is 2.03. The molecule has 0 saturated carbocycles. The van der Waals surface area contributed by atoms with E-state index in [0.717, 1.165) is 5.69 Å². The summed E-state index contributed by atoms with van der Waals surface area (Å²) in [5.41, 5.74) is 4.89. The molecule has 0 aromatic heterocycles. The third kappa shape index (κ3) is 5.29. The Morgan fingerprint density at radius 3 is 2.68 bits per heavy atom. The van der Waals surface area contributed by atoms with E-state index < -0.39 is 0 Å². The van der Waals surface area contributed by atoms with Crippen molar-refractivity contribution in [2.75, 3.05) is 11.9 Å². The van der Waals surface area contributed by atoms with Crippen LogP contribution in [-0.4, -0.2) is 17.7 Å². The van der Waals surface area contributed by atoms with Crippen LogP contribution in [0.2, 0.25) is 0 Å². The fourth-order valence-corrected chi connectivity index (χ4v) is 2.90. The van der Waals surface area contributed by atoms with Gasteiger partial charge < -0.3 is 15.4 Å². The van der Waals surface area contributed by atoms with E-state index in [1.165, 1.54) is 16.7 Å². The van der Waals surface area contributed by atoms with E-state index in [-0.39, 0.29) is 12.0 Å². The lowest BCUT2D eigenvalue weighted by Crippen LogP contribution is -2.31. The number of aryl methyl sites for hydroxylation is 2. The standard InChI is InChI=1S/C20H24N2O2S/c1-5-24-19(23)16-7-6-8-17(12-16)22-20(25)21-15(4)18-11-13(2)9-10-14(18)3/h6-12,15H,5H2,1-4H3,(H2,21,22,25)/t15-/m0/s1. The number of benzene rings is 2. The van der Waals surface area contributed by atoms with Gasteiger partial charge in [-0.15, -0.1) is 0 Å². The molecule has 132 valence electrons. The highest BCUT2D eigenvalue weighted by Gasteiger charge is 2.11. The maximum atomic E-state index is 11.8. The number of nitrogens with one attached hydrogen (secondary N) is 2. The van der Waals surface area contributed by atoms with E-state index in [9.17, 15) is 4.79 Å². The second kappa shape index (κ2) is 8.62. The molecule has 0 saturated heterocycles. The summed E-state index contributed by atoms with van der Waals surface area (Å²) in [7, 11) is 0. The molecule has 25 heavy (non-hydrogen) atoms. The second-order valence-corrected chi connectivity index (χ2v) is 6.39. The van der Waals surface area contributed by atoms with Crippen molar-refractivity contribution in [3.63, 3.8) is 0 Å². The van der Waals surface area contributed by atoms with Crippen molar-refractivity contribution < 1.29 is 9.53 Å². The third-order valence-electron chi connectivity index (χ3n) is 3.88. The largest absolute Gasteiger partial charge is 0.462 e. The number of carbonyl (C=O) groups excluding carboxylic acids is 1. The fraction of sp³-hybridized carbons (Fsp3) is 0.300. The molecule has 1 atom stereocenters. The second-order valence-electron chi connectivity index (χ2n) is 5.98. The SMILES string of the molecule is CCOC(=O)c1cccc(NC(=S)N[C@@H](C)c2cc(C)ccc2C)c1. The van der Waals surface area contributed by atoms with Gasteiger partial charge in [-0.25, -0.2) is 4.79 Å². The van der Waals surface area contributed by atoms with E-state index >= 15 is 0 Å². The Morgan fingerprint density at radius 1 is 1.20 bits per heavy atom. The molecular formula is C20H24N2O2S. The lowest BCUT2D eigenvalue weighted by molar-refractivity contribution is 0.0526. The fourth-order valence-electron chi connectivity index (χ4n) is 2.61. The Bertz CT molecular complexity index is 774. The minimum atomic E-state index is -0.339. The molecule has 0 fully saturated rings. The molecule has 2 aromatic rings. The van der Waals surface area contributed by atoms with Crippen molar-refractivity contribution in [3.05, 3.63) is 64.7 Å². The van der Waals surface area contributed by atoms with Gasteiger partial charge in [0.1, 0.15) is 0 Å². The number of esters is 1. The van der Waals surface area contributed by atoms with Crippen LogP contribution in [0.25, 0.3) is 0 Å². The molecule has 0 aliphatic carbocycles. The first-order valence-corrected chi connectivity index (χ1v) is 8.73. The van der Waals surface area contributed by atoms with E-state index in [2.05, 4.69) is 49.6 Å². The molecule has 0 heterocycles. The number of ether oxygens (including phenoxy) is 1. The van der Waals surface area contributed by atoms with Gasteiger partial charge in [0, 0.05) is 5.69 Å². The normalized spacial score (nSPS) is 11.5. The van der Waals surface area contributed by atoms with Gasteiger partial charge in [0.15, 0.2) is 5.11 Å². The number of carbonyl (C=O) groups is 1. The number of rotatable bonds is 5. The summed E-state index contributed by atoms with van der Waals surface area (Å²) in [6, 6.07) is 13.6. The number of anilines is 1. The summed E-state index contributed by atoms with van der Waals surface area (Å²) in [5, 5.41) is 6.93. The van der Waals surface area contributed by atoms with Gasteiger partial charge >= 0.3 is 5.97 Å². The molecular weight excluding hydrogens is 332 g/mol. The predicted octanol–water partition coefficient (Wildman–Crippen LogP) is 4.53. The third-order valence-corrected chi connectivity index (χ3v) is 4.10. The summed E-state index contributed by atoms with van der Waals surface area (Å²) in [6.45, 7) is 8.38. The van der Waals surface area contributed by atoms with Crippen molar-refractivity contribution in [2.24, 2.45) is 0 Å². The van der Waals surface area contributed by atoms with E-state index in [1.807, 2.05) is 6.07 Å². The zero-order chi connectivity index (χ0) is 18.4. The van der Waals surface area contributed by atoms with Crippen LogP contribution in [-0.2, 0) is 4.74 Å². The van der Waals surface area contributed by atoms with Gasteiger partial charge in [-0.2, -0.15) is 0 Å². The first kappa shape index (κ1) is 18.9. The average Bonchev–Trinajstić information content (AvgIpc) is 2.57. The minimum Gasteiger partial charge on any atom is -0.462 e. The van der Waals surface area contributed by atoms with Gasteiger partial charge in [-0.05, 0) is 69.2 Å². The molecule has 5 heteroatoms. The number of hydrogen-bond acceptors (Lipinski definition) is 3. The van der Waals surface area contributed by atoms with Gasteiger partial charge in [0.25, 0.3) is 0 Å². The zero-order valence-corrected chi connectivity index (χ0v) is 15.9. The molecule has 2 rings (SSSR count). The van der Waals surface area contributed by atoms with Gasteiger partial charge in [0.05, 0.1) is 18.2 Å². The molecule has 0 unspecified atom stereocenters. The van der Waals surface area contributed by atoms with E-state index in [0.29, 0.717) is 17.3 Å². The topological polar surface area (TPSA) is 50.4 Å². The molecule has 0 spiro atoms. The molecule has 0 radical (unpaired) electrons. The Kier molecular flexibility index (Phi) is 6.53. The Morgan fingerprint density at radius 2 is 1.96 bits per heavy atom. The van der Waals surface area contributed by atoms with Crippen molar-refractivity contribution in [1.82, 2.24) is 5.32 Å². The summed E-state index contributed by atoms with van der Waals surface area (Å²) >= 11 is 5.41. The highest BCUT2D eigenvalue weighted by molar-refractivity contribution is 7.80. The summed E-state index contributed by atoms with van der Waals surface area (Å²) in [6.07, 6.45) is 0. The van der Waals surface area contributed by atoms with Crippen LogP contribution < -0.4 is 10.6 Å². The minimum absolute atomic E-state index is 0.0770. The Labute approximate surface area is 154 Å². The molecule has 2 N–H and O–H groups in total. The van der Waals surface area contributed by atoms with Crippen LogP contribution in [0.1, 0.15) is 46.9 Å². The molecule has 0 amide bonds.